The molecule has 0 bridgehead atoms. The molecule has 1 aliphatic carbocycles. The van der Waals surface area contributed by atoms with Gasteiger partial charge in [-0.05, 0) is 41.8 Å². The quantitative estimate of drug-likeness (QED) is 0.570. The average Bonchev–Trinajstić information content (AvgIpc) is 2.92. The average molecular weight is 438 g/mol. The zero-order valence-electron chi connectivity index (χ0n) is 15.2. The van der Waals surface area contributed by atoms with Crippen LogP contribution in [0.1, 0.15) is 36.4 Å². The molecule has 0 atom stereocenters. The van der Waals surface area contributed by atoms with Gasteiger partial charge in [-0.15, -0.1) is 0 Å². The highest BCUT2D eigenvalue weighted by Crippen LogP contribution is 2.40. The van der Waals surface area contributed by atoms with E-state index in [2.05, 4.69) is 4.72 Å². The zero-order chi connectivity index (χ0) is 20.3. The highest BCUT2D eigenvalue weighted by Gasteiger charge is 2.35. The largest absolute Gasteiger partial charge is 0.460 e. The van der Waals surface area contributed by atoms with Crippen LogP contribution in [-0.4, -0.2) is 14.2 Å². The Morgan fingerprint density at radius 3 is 2.57 bits per heavy atom. The number of sulfonamides is 1. The number of carbonyl (C=O) groups is 1. The van der Waals surface area contributed by atoms with Gasteiger partial charge in [0.05, 0.1) is 10.6 Å². The van der Waals surface area contributed by atoms with E-state index in [1.807, 2.05) is 13.8 Å². The summed E-state index contributed by atoms with van der Waals surface area (Å²) in [4.78, 5) is 12.5. The van der Waals surface area contributed by atoms with E-state index in [0.29, 0.717) is 40.8 Å². The van der Waals surface area contributed by atoms with Crippen LogP contribution in [0.4, 0.5) is 5.69 Å². The standard InChI is InChI=1S/C20H17Cl2NO4S/c1-20(2)9-15(24)19-13-8-12(4-6-16(13)27-17(19)10-20)23-28(25,26)18-7-11(21)3-5-14(18)22/h3-8,23H,9-10H2,1-2H3. The number of nitrogens with one attached hydrogen (secondary N) is 1. The van der Waals surface area contributed by atoms with Crippen LogP contribution in [0.15, 0.2) is 45.7 Å². The number of furan rings is 1. The first-order valence-corrected chi connectivity index (χ1v) is 10.9. The van der Waals surface area contributed by atoms with Crippen molar-refractivity contribution >= 4 is 55.7 Å². The summed E-state index contributed by atoms with van der Waals surface area (Å²) < 4.78 is 33.8. The number of ketones is 1. The van der Waals surface area contributed by atoms with Gasteiger partial charge in [-0.25, -0.2) is 8.42 Å². The van der Waals surface area contributed by atoms with Gasteiger partial charge >= 0.3 is 0 Å². The Hall–Kier alpha value is -2.02. The lowest BCUT2D eigenvalue weighted by Crippen LogP contribution is -2.25. The third-order valence-electron chi connectivity index (χ3n) is 4.75. The van der Waals surface area contributed by atoms with Gasteiger partial charge in [-0.3, -0.25) is 9.52 Å². The molecular weight excluding hydrogens is 421 g/mol. The predicted molar refractivity (Wildman–Crippen MR) is 110 cm³/mol. The van der Waals surface area contributed by atoms with Gasteiger partial charge in [0.25, 0.3) is 10.0 Å². The maximum Gasteiger partial charge on any atom is 0.263 e. The fourth-order valence-electron chi connectivity index (χ4n) is 3.56. The molecule has 0 radical (unpaired) electrons. The van der Waals surface area contributed by atoms with Crippen molar-refractivity contribution in [3.8, 4) is 0 Å². The van der Waals surface area contributed by atoms with Crippen LogP contribution in [0.5, 0.6) is 0 Å². The minimum absolute atomic E-state index is 0.00268. The third kappa shape index (κ3) is 3.41. The monoisotopic (exact) mass is 437 g/mol. The molecule has 0 amide bonds. The second-order valence-corrected chi connectivity index (χ2v) is 10.2. The minimum Gasteiger partial charge on any atom is -0.460 e. The summed E-state index contributed by atoms with van der Waals surface area (Å²) in [5.74, 6) is 0.650. The number of hydrogen-bond donors (Lipinski definition) is 1. The summed E-state index contributed by atoms with van der Waals surface area (Å²) in [6, 6.07) is 9.09. The zero-order valence-corrected chi connectivity index (χ0v) is 17.5. The lowest BCUT2D eigenvalue weighted by molar-refractivity contribution is 0.0906. The van der Waals surface area contributed by atoms with Crippen molar-refractivity contribution in [1.82, 2.24) is 0 Å². The first-order valence-electron chi connectivity index (χ1n) is 8.62. The number of anilines is 1. The number of carbonyl (C=O) groups excluding carboxylic acids is 1. The number of rotatable bonds is 3. The molecule has 1 aromatic heterocycles. The van der Waals surface area contributed by atoms with Gasteiger partial charge in [0.2, 0.25) is 0 Å². The Labute approximate surface area is 172 Å². The molecule has 28 heavy (non-hydrogen) atoms. The smallest absolute Gasteiger partial charge is 0.263 e. The van der Waals surface area contributed by atoms with E-state index in [4.69, 9.17) is 27.6 Å². The van der Waals surface area contributed by atoms with E-state index >= 15 is 0 Å². The van der Waals surface area contributed by atoms with Gasteiger partial charge in [0.1, 0.15) is 16.2 Å². The van der Waals surface area contributed by atoms with Crippen molar-refractivity contribution in [2.75, 3.05) is 4.72 Å². The third-order valence-corrected chi connectivity index (χ3v) is 6.85. The van der Waals surface area contributed by atoms with Crippen LogP contribution >= 0.6 is 23.2 Å². The van der Waals surface area contributed by atoms with Crippen LogP contribution in [0.25, 0.3) is 11.0 Å². The number of benzene rings is 2. The molecule has 0 saturated carbocycles. The van der Waals surface area contributed by atoms with Crippen molar-refractivity contribution in [1.29, 1.82) is 0 Å². The van der Waals surface area contributed by atoms with E-state index in [1.54, 1.807) is 18.2 Å². The molecule has 4 rings (SSSR count). The second-order valence-electron chi connectivity index (χ2n) is 7.73. The molecule has 0 aliphatic heterocycles. The Kier molecular flexibility index (Phi) is 4.49. The summed E-state index contributed by atoms with van der Waals surface area (Å²) in [6.45, 7) is 4.05. The summed E-state index contributed by atoms with van der Waals surface area (Å²) in [6.07, 6.45) is 1.07. The van der Waals surface area contributed by atoms with Crippen LogP contribution in [0, 0.1) is 5.41 Å². The Bertz CT molecular complexity index is 1230. The summed E-state index contributed by atoms with van der Waals surface area (Å²) >= 11 is 11.9. The van der Waals surface area contributed by atoms with Gasteiger partial charge < -0.3 is 4.42 Å². The number of halogens is 2. The van der Waals surface area contributed by atoms with Crippen LogP contribution < -0.4 is 4.72 Å². The Morgan fingerprint density at radius 1 is 1.07 bits per heavy atom. The highest BCUT2D eigenvalue weighted by atomic mass is 35.5. The Morgan fingerprint density at radius 2 is 1.82 bits per heavy atom. The van der Waals surface area contributed by atoms with Crippen LogP contribution in [-0.2, 0) is 16.4 Å². The molecule has 8 heteroatoms. The lowest BCUT2D eigenvalue weighted by atomic mass is 9.76. The van der Waals surface area contributed by atoms with Crippen molar-refractivity contribution in [3.63, 3.8) is 0 Å². The molecule has 1 heterocycles. The van der Waals surface area contributed by atoms with E-state index in [1.165, 1.54) is 18.2 Å². The van der Waals surface area contributed by atoms with Crippen molar-refractivity contribution in [2.24, 2.45) is 5.41 Å². The molecule has 0 saturated heterocycles. The SMILES string of the molecule is CC1(C)CC(=O)c2c(oc3ccc(NS(=O)(=O)c4cc(Cl)ccc4Cl)cc23)C1. The van der Waals surface area contributed by atoms with E-state index < -0.39 is 10.0 Å². The lowest BCUT2D eigenvalue weighted by Gasteiger charge is -2.27. The maximum absolute atomic E-state index is 12.7. The first kappa shape index (κ1) is 19.3. The van der Waals surface area contributed by atoms with Gasteiger partial charge in [0, 0.05) is 28.9 Å². The van der Waals surface area contributed by atoms with Crippen molar-refractivity contribution in [3.05, 3.63) is 57.8 Å². The van der Waals surface area contributed by atoms with E-state index in [-0.39, 0.29) is 26.1 Å². The summed E-state index contributed by atoms with van der Waals surface area (Å²) in [7, 11) is -3.95. The van der Waals surface area contributed by atoms with Crippen LogP contribution in [0.2, 0.25) is 10.0 Å². The van der Waals surface area contributed by atoms with Crippen molar-refractivity contribution < 1.29 is 17.6 Å². The maximum atomic E-state index is 12.7. The molecule has 0 spiro atoms. The predicted octanol–water partition coefficient (Wildman–Crippen LogP) is 5.70. The number of hydrogen-bond acceptors (Lipinski definition) is 4. The topological polar surface area (TPSA) is 76.4 Å². The van der Waals surface area contributed by atoms with Gasteiger partial charge in [-0.2, -0.15) is 0 Å². The van der Waals surface area contributed by atoms with Gasteiger partial charge in [-0.1, -0.05) is 37.0 Å². The molecule has 146 valence electrons. The normalized spacial score (nSPS) is 16.2. The molecule has 0 fully saturated rings. The Balaban J connectivity index is 1.76. The van der Waals surface area contributed by atoms with Crippen molar-refractivity contribution in [2.45, 2.75) is 31.6 Å². The summed E-state index contributed by atoms with van der Waals surface area (Å²) in [5, 5.41) is 0.932. The second kappa shape index (κ2) is 6.51. The minimum atomic E-state index is -3.95. The first-order chi connectivity index (χ1) is 13.1. The molecule has 5 nitrogen and oxygen atoms in total. The van der Waals surface area contributed by atoms with Crippen LogP contribution in [0.3, 0.4) is 0 Å². The number of Topliss-reactive ketones (excluding diaryl/α,β-unsaturated/α-hetero) is 1. The summed E-state index contributed by atoms with van der Waals surface area (Å²) in [5.41, 5.74) is 1.24. The molecule has 1 aliphatic rings. The van der Waals surface area contributed by atoms with E-state index in [9.17, 15) is 13.2 Å². The molecule has 0 unspecified atom stereocenters. The fraction of sp³-hybridized carbons (Fsp3) is 0.250. The number of fused-ring (bicyclic) bond motifs is 3. The molecule has 2 aromatic carbocycles. The molecular formula is C20H17Cl2NO4S. The highest BCUT2D eigenvalue weighted by molar-refractivity contribution is 7.92. The van der Waals surface area contributed by atoms with Gasteiger partial charge in [0.15, 0.2) is 5.78 Å². The fourth-order valence-corrected chi connectivity index (χ4v) is 5.37. The molecule has 3 aromatic rings. The molecule has 1 N–H and O–H groups in total. The van der Waals surface area contributed by atoms with E-state index in [0.717, 1.165) is 0 Å².